The highest BCUT2D eigenvalue weighted by atomic mass is 16.1. The van der Waals surface area contributed by atoms with Gasteiger partial charge < -0.3 is 11.1 Å². The lowest BCUT2D eigenvalue weighted by atomic mass is 10.1. The van der Waals surface area contributed by atoms with Crippen LogP contribution in [0.25, 0.3) is 0 Å². The Hall–Kier alpha value is -1.06. The molecule has 0 aliphatic heterocycles. The first kappa shape index (κ1) is 12.0. The number of carbonyl (C=O) groups excluding carboxylic acids is 1. The summed E-state index contributed by atoms with van der Waals surface area (Å²) in [5.41, 5.74) is 5.55. The van der Waals surface area contributed by atoms with Gasteiger partial charge in [-0.3, -0.25) is 9.79 Å². The molecule has 4 nitrogen and oxygen atoms in total. The first-order valence-electron chi connectivity index (χ1n) is 5.49. The van der Waals surface area contributed by atoms with Crippen LogP contribution in [0, 0.1) is 5.92 Å². The average molecular weight is 211 g/mol. The van der Waals surface area contributed by atoms with Gasteiger partial charge >= 0.3 is 0 Å². The summed E-state index contributed by atoms with van der Waals surface area (Å²) in [5, 5.41) is 2.89. The molecule has 1 aliphatic rings. The molecule has 0 aromatic carbocycles. The van der Waals surface area contributed by atoms with Crippen molar-refractivity contribution in [3.63, 3.8) is 0 Å². The number of nitrogens with one attached hydrogen (secondary N) is 1. The number of nitrogens with two attached hydrogens (primary N) is 1. The van der Waals surface area contributed by atoms with E-state index in [1.54, 1.807) is 0 Å². The Balaban J connectivity index is 2.19. The van der Waals surface area contributed by atoms with Crippen molar-refractivity contribution in [2.75, 3.05) is 6.54 Å². The van der Waals surface area contributed by atoms with Crippen LogP contribution in [-0.4, -0.2) is 23.8 Å². The van der Waals surface area contributed by atoms with E-state index in [1.165, 1.54) is 0 Å². The van der Waals surface area contributed by atoms with Crippen LogP contribution in [0.2, 0.25) is 0 Å². The van der Waals surface area contributed by atoms with Gasteiger partial charge in [0.2, 0.25) is 5.91 Å². The molecule has 0 bridgehead atoms. The van der Waals surface area contributed by atoms with E-state index >= 15 is 0 Å². The highest BCUT2D eigenvalue weighted by Gasteiger charge is 2.25. The van der Waals surface area contributed by atoms with Gasteiger partial charge in [0, 0.05) is 24.4 Å². The molecule has 0 aromatic rings. The zero-order chi connectivity index (χ0) is 11.5. The second kappa shape index (κ2) is 4.64. The third-order valence-electron chi connectivity index (χ3n) is 2.14. The summed E-state index contributed by atoms with van der Waals surface area (Å²) in [6.45, 7) is 6.40. The minimum atomic E-state index is -0.164. The monoisotopic (exact) mass is 211 g/mol. The van der Waals surface area contributed by atoms with Crippen LogP contribution >= 0.6 is 0 Å². The summed E-state index contributed by atoms with van der Waals surface area (Å²) in [6.07, 6.45) is 2.73. The maximum Gasteiger partial charge on any atom is 0.222 e. The molecular formula is C11H21N3O. The van der Waals surface area contributed by atoms with Crippen LogP contribution in [0.3, 0.4) is 0 Å². The molecule has 0 heterocycles. The maximum absolute atomic E-state index is 11.4. The fraction of sp³-hybridized carbons (Fsp3) is 0.818. The molecule has 0 atom stereocenters. The summed E-state index contributed by atoms with van der Waals surface area (Å²) in [6, 6.07) is 0. The lowest BCUT2D eigenvalue weighted by molar-refractivity contribution is -0.122. The zero-order valence-corrected chi connectivity index (χ0v) is 9.84. The lowest BCUT2D eigenvalue weighted by Crippen LogP contribution is -2.40. The molecule has 0 aromatic heterocycles. The molecule has 0 unspecified atom stereocenters. The van der Waals surface area contributed by atoms with Gasteiger partial charge in [0.15, 0.2) is 0 Å². The first-order chi connectivity index (χ1) is 6.88. The quantitative estimate of drug-likeness (QED) is 0.539. The second-order valence-corrected chi connectivity index (χ2v) is 5.13. The Kier molecular flexibility index (Phi) is 3.72. The highest BCUT2D eigenvalue weighted by molar-refractivity contribution is 5.85. The number of carbonyl (C=O) groups is 1. The van der Waals surface area contributed by atoms with Gasteiger partial charge in [-0.05, 0) is 33.6 Å². The molecule has 1 rings (SSSR count). The topological polar surface area (TPSA) is 67.5 Å². The molecule has 1 fully saturated rings. The normalized spacial score (nSPS) is 17.7. The standard InChI is InChI=1S/C11H21N3O/c1-11(2,3)14-9(15)6-7-13-10(12)8-4-5-8/h8H,4-7H2,1-3H3,(H2,12,13)(H,14,15). The predicted molar refractivity (Wildman–Crippen MR) is 61.7 cm³/mol. The van der Waals surface area contributed by atoms with Crippen molar-refractivity contribution in [2.24, 2.45) is 16.6 Å². The van der Waals surface area contributed by atoms with Gasteiger partial charge in [0.1, 0.15) is 0 Å². The second-order valence-electron chi connectivity index (χ2n) is 5.13. The predicted octanol–water partition coefficient (Wildman–Crippen LogP) is 1.06. The van der Waals surface area contributed by atoms with E-state index in [1.807, 2.05) is 20.8 Å². The Morgan fingerprint density at radius 1 is 1.47 bits per heavy atom. The van der Waals surface area contributed by atoms with Gasteiger partial charge in [-0.25, -0.2) is 0 Å². The molecule has 0 spiro atoms. The highest BCUT2D eigenvalue weighted by Crippen LogP contribution is 2.28. The summed E-state index contributed by atoms with van der Waals surface area (Å²) in [4.78, 5) is 15.6. The van der Waals surface area contributed by atoms with E-state index < -0.39 is 0 Å². The maximum atomic E-state index is 11.4. The zero-order valence-electron chi connectivity index (χ0n) is 9.84. The molecule has 15 heavy (non-hydrogen) atoms. The summed E-state index contributed by atoms with van der Waals surface area (Å²) in [7, 11) is 0. The number of nitrogens with zero attached hydrogens (tertiary/aromatic N) is 1. The molecule has 1 aliphatic carbocycles. The Bertz CT molecular complexity index is 261. The van der Waals surface area contributed by atoms with Crippen LogP contribution in [0.15, 0.2) is 4.99 Å². The van der Waals surface area contributed by atoms with Crippen molar-refractivity contribution in [3.05, 3.63) is 0 Å². The molecule has 1 amide bonds. The van der Waals surface area contributed by atoms with Crippen molar-refractivity contribution < 1.29 is 4.79 Å². The van der Waals surface area contributed by atoms with Gasteiger partial charge in [-0.2, -0.15) is 0 Å². The van der Waals surface area contributed by atoms with Gasteiger partial charge in [-0.1, -0.05) is 0 Å². The van der Waals surface area contributed by atoms with Gasteiger partial charge in [0.05, 0.1) is 5.84 Å². The molecule has 4 heteroatoms. The van der Waals surface area contributed by atoms with E-state index in [4.69, 9.17) is 5.73 Å². The van der Waals surface area contributed by atoms with E-state index in [-0.39, 0.29) is 11.4 Å². The number of amides is 1. The largest absolute Gasteiger partial charge is 0.387 e. The van der Waals surface area contributed by atoms with Crippen molar-refractivity contribution >= 4 is 11.7 Å². The average Bonchev–Trinajstić information content (AvgIpc) is 2.81. The number of rotatable bonds is 4. The fourth-order valence-corrected chi connectivity index (χ4v) is 1.28. The van der Waals surface area contributed by atoms with Crippen molar-refractivity contribution in [1.82, 2.24) is 5.32 Å². The van der Waals surface area contributed by atoms with E-state index in [2.05, 4.69) is 10.3 Å². The minimum absolute atomic E-state index is 0.0369. The van der Waals surface area contributed by atoms with Crippen molar-refractivity contribution in [3.8, 4) is 0 Å². The van der Waals surface area contributed by atoms with Crippen molar-refractivity contribution in [2.45, 2.75) is 45.6 Å². The molecule has 0 radical (unpaired) electrons. The smallest absolute Gasteiger partial charge is 0.222 e. The van der Waals surface area contributed by atoms with E-state index in [0.29, 0.717) is 18.9 Å². The van der Waals surface area contributed by atoms with Crippen LogP contribution in [0.5, 0.6) is 0 Å². The number of hydrogen-bond donors (Lipinski definition) is 2. The number of hydrogen-bond acceptors (Lipinski definition) is 2. The molecular weight excluding hydrogens is 190 g/mol. The molecule has 1 saturated carbocycles. The van der Waals surface area contributed by atoms with Gasteiger partial charge in [-0.15, -0.1) is 0 Å². The van der Waals surface area contributed by atoms with Crippen LogP contribution in [0.1, 0.15) is 40.0 Å². The van der Waals surface area contributed by atoms with Gasteiger partial charge in [0.25, 0.3) is 0 Å². The third-order valence-corrected chi connectivity index (χ3v) is 2.14. The SMILES string of the molecule is CC(C)(C)NC(=O)CCN=C(N)C1CC1. The molecule has 3 N–H and O–H groups in total. The minimum Gasteiger partial charge on any atom is -0.387 e. The van der Waals surface area contributed by atoms with Crippen LogP contribution in [0.4, 0.5) is 0 Å². The molecule has 0 saturated heterocycles. The summed E-state index contributed by atoms with van der Waals surface area (Å²) in [5.74, 6) is 1.25. The van der Waals surface area contributed by atoms with E-state index in [0.717, 1.165) is 18.7 Å². The lowest BCUT2D eigenvalue weighted by Gasteiger charge is -2.20. The Morgan fingerprint density at radius 3 is 2.53 bits per heavy atom. The Morgan fingerprint density at radius 2 is 2.07 bits per heavy atom. The van der Waals surface area contributed by atoms with E-state index in [9.17, 15) is 4.79 Å². The van der Waals surface area contributed by atoms with Crippen LogP contribution < -0.4 is 11.1 Å². The summed E-state index contributed by atoms with van der Waals surface area (Å²) < 4.78 is 0. The number of amidine groups is 1. The molecule has 86 valence electrons. The van der Waals surface area contributed by atoms with Crippen molar-refractivity contribution in [1.29, 1.82) is 0 Å². The Labute approximate surface area is 91.3 Å². The first-order valence-corrected chi connectivity index (χ1v) is 5.49. The van der Waals surface area contributed by atoms with Crippen LogP contribution in [-0.2, 0) is 4.79 Å². The fourth-order valence-electron chi connectivity index (χ4n) is 1.28. The third kappa shape index (κ3) is 5.40. The number of aliphatic imine (C=N–C) groups is 1. The summed E-state index contributed by atoms with van der Waals surface area (Å²) >= 11 is 0.